The zero-order valence-electron chi connectivity index (χ0n) is 4.59. The van der Waals surface area contributed by atoms with E-state index in [-0.39, 0.29) is 0 Å². The van der Waals surface area contributed by atoms with Gasteiger partial charge in [0.15, 0.2) is 0 Å². The van der Waals surface area contributed by atoms with Crippen molar-refractivity contribution in [3.63, 3.8) is 0 Å². The van der Waals surface area contributed by atoms with Crippen LogP contribution in [-0.2, 0) is 0 Å². The topological polar surface area (TPSA) is 20.2 Å². The van der Waals surface area contributed by atoms with Crippen molar-refractivity contribution in [1.82, 2.24) is 0 Å². The standard InChI is InChI=1S/C6H6F2O/c7-6(8)4-2-1-3-5(6)9/h1-5,9H. The van der Waals surface area contributed by atoms with Crippen LogP contribution in [0, 0.1) is 0 Å². The number of aliphatic hydroxyl groups is 1. The molecule has 0 saturated heterocycles. The van der Waals surface area contributed by atoms with Crippen LogP contribution in [0.5, 0.6) is 0 Å². The minimum atomic E-state index is -3.07. The number of allylic oxidation sites excluding steroid dienone is 2. The normalized spacial score (nSPS) is 30.8. The lowest BCUT2D eigenvalue weighted by molar-refractivity contribution is -0.0463. The molecule has 9 heavy (non-hydrogen) atoms. The second-order valence-corrected chi connectivity index (χ2v) is 1.86. The first kappa shape index (κ1) is 6.42. The van der Waals surface area contributed by atoms with Crippen molar-refractivity contribution >= 4 is 0 Å². The summed E-state index contributed by atoms with van der Waals surface area (Å²) in [4.78, 5) is 0. The molecule has 0 radical (unpaired) electrons. The average molecular weight is 132 g/mol. The maximum atomic E-state index is 12.2. The molecule has 0 amide bonds. The van der Waals surface area contributed by atoms with Gasteiger partial charge in [-0.25, -0.2) is 0 Å². The fraction of sp³-hybridized carbons (Fsp3) is 0.333. The van der Waals surface area contributed by atoms with Crippen LogP contribution in [0.1, 0.15) is 0 Å². The predicted molar refractivity (Wildman–Crippen MR) is 29.2 cm³/mol. The molecule has 0 aromatic carbocycles. The van der Waals surface area contributed by atoms with Crippen LogP contribution in [0.25, 0.3) is 0 Å². The van der Waals surface area contributed by atoms with Gasteiger partial charge in [-0.3, -0.25) is 0 Å². The fourth-order valence-corrected chi connectivity index (χ4v) is 0.580. The number of halogens is 2. The van der Waals surface area contributed by atoms with E-state index < -0.39 is 12.0 Å². The molecule has 1 N–H and O–H groups in total. The minimum Gasteiger partial charge on any atom is -0.382 e. The molecule has 0 spiro atoms. The van der Waals surface area contributed by atoms with Gasteiger partial charge in [0.2, 0.25) is 0 Å². The van der Waals surface area contributed by atoms with Gasteiger partial charge in [0, 0.05) is 0 Å². The van der Waals surface area contributed by atoms with Gasteiger partial charge in [0.05, 0.1) is 0 Å². The molecule has 0 aliphatic heterocycles. The SMILES string of the molecule is OC1C=CC=CC1(F)F. The van der Waals surface area contributed by atoms with E-state index in [2.05, 4.69) is 0 Å². The van der Waals surface area contributed by atoms with E-state index in [1.54, 1.807) is 0 Å². The third-order valence-corrected chi connectivity index (χ3v) is 1.12. The van der Waals surface area contributed by atoms with Gasteiger partial charge < -0.3 is 5.11 Å². The first-order chi connectivity index (χ1) is 4.13. The second kappa shape index (κ2) is 1.92. The zero-order valence-corrected chi connectivity index (χ0v) is 4.59. The van der Waals surface area contributed by atoms with Crippen molar-refractivity contribution < 1.29 is 13.9 Å². The third kappa shape index (κ3) is 1.16. The van der Waals surface area contributed by atoms with Gasteiger partial charge in [-0.1, -0.05) is 12.2 Å². The first-order valence-corrected chi connectivity index (χ1v) is 2.55. The molecular formula is C6H6F2O. The van der Waals surface area contributed by atoms with Gasteiger partial charge in [0.1, 0.15) is 6.10 Å². The van der Waals surface area contributed by atoms with Gasteiger partial charge in [-0.05, 0) is 12.2 Å². The number of aliphatic hydroxyl groups excluding tert-OH is 1. The Morgan fingerprint density at radius 3 is 2.33 bits per heavy atom. The van der Waals surface area contributed by atoms with Gasteiger partial charge in [-0.15, -0.1) is 0 Å². The molecule has 0 bridgehead atoms. The van der Waals surface area contributed by atoms with Gasteiger partial charge in [-0.2, -0.15) is 8.78 Å². The summed E-state index contributed by atoms with van der Waals surface area (Å²) in [6, 6.07) is 0. The third-order valence-electron chi connectivity index (χ3n) is 1.12. The van der Waals surface area contributed by atoms with Crippen molar-refractivity contribution in [2.75, 3.05) is 0 Å². The van der Waals surface area contributed by atoms with Gasteiger partial charge >= 0.3 is 0 Å². The van der Waals surface area contributed by atoms with E-state index in [0.717, 1.165) is 6.08 Å². The van der Waals surface area contributed by atoms with E-state index in [1.807, 2.05) is 0 Å². The molecule has 0 aromatic heterocycles. The lowest BCUT2D eigenvalue weighted by Crippen LogP contribution is -2.30. The Balaban J connectivity index is 2.78. The monoisotopic (exact) mass is 132 g/mol. The Kier molecular flexibility index (Phi) is 1.37. The molecule has 50 valence electrons. The summed E-state index contributed by atoms with van der Waals surface area (Å²) in [6.07, 6.45) is 2.69. The highest BCUT2D eigenvalue weighted by molar-refractivity contribution is 5.19. The maximum absolute atomic E-state index is 12.2. The summed E-state index contributed by atoms with van der Waals surface area (Å²) < 4.78 is 24.4. The summed E-state index contributed by atoms with van der Waals surface area (Å²) in [5, 5.41) is 8.55. The molecule has 1 atom stereocenters. The summed E-state index contributed by atoms with van der Waals surface area (Å²) in [7, 11) is 0. The zero-order chi connectivity index (χ0) is 6.91. The van der Waals surface area contributed by atoms with Crippen LogP contribution >= 0.6 is 0 Å². The van der Waals surface area contributed by atoms with Crippen LogP contribution < -0.4 is 0 Å². The van der Waals surface area contributed by atoms with Crippen LogP contribution in [0.2, 0.25) is 0 Å². The quantitative estimate of drug-likeness (QED) is 0.523. The molecule has 0 aromatic rings. The van der Waals surface area contributed by atoms with E-state index in [1.165, 1.54) is 12.2 Å². The highest BCUT2D eigenvalue weighted by Gasteiger charge is 2.34. The lowest BCUT2D eigenvalue weighted by Gasteiger charge is -2.17. The smallest absolute Gasteiger partial charge is 0.295 e. The largest absolute Gasteiger partial charge is 0.382 e. The van der Waals surface area contributed by atoms with Crippen LogP contribution in [-0.4, -0.2) is 17.1 Å². The Bertz CT molecular complexity index is 160. The Morgan fingerprint density at radius 2 is 2.00 bits per heavy atom. The number of alkyl halides is 2. The molecule has 3 heteroatoms. The van der Waals surface area contributed by atoms with Crippen molar-refractivity contribution in [2.45, 2.75) is 12.0 Å². The van der Waals surface area contributed by atoms with Crippen molar-refractivity contribution in [3.05, 3.63) is 24.3 Å². The van der Waals surface area contributed by atoms with Crippen molar-refractivity contribution in [2.24, 2.45) is 0 Å². The summed E-state index contributed by atoms with van der Waals surface area (Å²) >= 11 is 0. The molecule has 1 aliphatic carbocycles. The number of hydrogen-bond donors (Lipinski definition) is 1. The van der Waals surface area contributed by atoms with E-state index >= 15 is 0 Å². The lowest BCUT2D eigenvalue weighted by atomic mass is 10.1. The Hall–Kier alpha value is -0.700. The summed E-state index contributed by atoms with van der Waals surface area (Å²) in [5.74, 6) is -3.07. The molecular weight excluding hydrogens is 126 g/mol. The highest BCUT2D eigenvalue weighted by Crippen LogP contribution is 2.23. The average Bonchev–Trinajstić information content (AvgIpc) is 1.77. The molecule has 1 nitrogen and oxygen atoms in total. The molecule has 0 heterocycles. The van der Waals surface area contributed by atoms with Crippen molar-refractivity contribution in [3.8, 4) is 0 Å². The fourth-order valence-electron chi connectivity index (χ4n) is 0.580. The van der Waals surface area contributed by atoms with Gasteiger partial charge in [0.25, 0.3) is 5.92 Å². The molecule has 0 fully saturated rings. The maximum Gasteiger partial charge on any atom is 0.295 e. The van der Waals surface area contributed by atoms with E-state index in [9.17, 15) is 8.78 Å². The first-order valence-electron chi connectivity index (χ1n) is 2.55. The Morgan fingerprint density at radius 1 is 1.33 bits per heavy atom. The van der Waals surface area contributed by atoms with Crippen LogP contribution in [0.15, 0.2) is 24.3 Å². The molecule has 1 unspecified atom stereocenters. The van der Waals surface area contributed by atoms with Crippen LogP contribution in [0.3, 0.4) is 0 Å². The predicted octanol–water partition coefficient (Wildman–Crippen LogP) is 1.11. The molecule has 1 aliphatic rings. The number of hydrogen-bond acceptors (Lipinski definition) is 1. The highest BCUT2D eigenvalue weighted by atomic mass is 19.3. The Labute approximate surface area is 51.3 Å². The second-order valence-electron chi connectivity index (χ2n) is 1.86. The molecule has 1 rings (SSSR count). The summed E-state index contributed by atoms with van der Waals surface area (Å²) in [5.41, 5.74) is 0. The van der Waals surface area contributed by atoms with E-state index in [0.29, 0.717) is 6.08 Å². The minimum absolute atomic E-state index is 0.678. The van der Waals surface area contributed by atoms with Crippen molar-refractivity contribution in [1.29, 1.82) is 0 Å². The van der Waals surface area contributed by atoms with E-state index in [4.69, 9.17) is 5.11 Å². The van der Waals surface area contributed by atoms with Crippen LogP contribution in [0.4, 0.5) is 8.78 Å². The molecule has 0 saturated carbocycles. The summed E-state index contributed by atoms with van der Waals surface area (Å²) in [6.45, 7) is 0. The number of rotatable bonds is 0.